The first-order valence-electron chi connectivity index (χ1n) is 6.55. The lowest BCUT2D eigenvalue weighted by atomic mass is 10.0. The summed E-state index contributed by atoms with van der Waals surface area (Å²) in [6.45, 7) is 6.29. The second kappa shape index (κ2) is 6.92. The molecular formula is C15H21NO3. The molecule has 1 unspecified atom stereocenters. The van der Waals surface area contributed by atoms with Gasteiger partial charge in [0.25, 0.3) is 0 Å². The van der Waals surface area contributed by atoms with Crippen molar-refractivity contribution in [3.63, 3.8) is 0 Å². The van der Waals surface area contributed by atoms with E-state index in [2.05, 4.69) is 19.2 Å². The molecule has 2 N–H and O–H groups in total. The lowest BCUT2D eigenvalue weighted by Gasteiger charge is -2.11. The zero-order valence-electron chi connectivity index (χ0n) is 11.6. The van der Waals surface area contributed by atoms with Crippen molar-refractivity contribution >= 4 is 11.9 Å². The lowest BCUT2D eigenvalue weighted by molar-refractivity contribution is -0.147. The fourth-order valence-corrected chi connectivity index (χ4v) is 1.80. The van der Waals surface area contributed by atoms with Gasteiger partial charge in [-0.05, 0) is 23.5 Å². The molecular weight excluding hydrogens is 242 g/mol. The number of carboxylic acids is 1. The van der Waals surface area contributed by atoms with E-state index in [0.29, 0.717) is 18.9 Å². The monoisotopic (exact) mass is 263 g/mol. The molecule has 0 heterocycles. The molecule has 104 valence electrons. The van der Waals surface area contributed by atoms with Crippen molar-refractivity contribution in [2.75, 3.05) is 0 Å². The van der Waals surface area contributed by atoms with Crippen LogP contribution in [0.4, 0.5) is 0 Å². The number of nitrogens with one attached hydrogen (secondary N) is 1. The number of carbonyl (C=O) groups excluding carboxylic acids is 1. The van der Waals surface area contributed by atoms with Crippen LogP contribution >= 0.6 is 0 Å². The molecule has 0 saturated heterocycles. The highest BCUT2D eigenvalue weighted by atomic mass is 16.4. The zero-order chi connectivity index (χ0) is 14.4. The van der Waals surface area contributed by atoms with Gasteiger partial charge >= 0.3 is 5.97 Å². The summed E-state index contributed by atoms with van der Waals surface area (Å²) in [7, 11) is 0. The van der Waals surface area contributed by atoms with E-state index in [0.717, 1.165) is 5.56 Å². The molecule has 4 heteroatoms. The van der Waals surface area contributed by atoms with E-state index in [1.54, 1.807) is 6.92 Å². The Morgan fingerprint density at radius 1 is 1.21 bits per heavy atom. The van der Waals surface area contributed by atoms with E-state index < -0.39 is 17.8 Å². The first-order chi connectivity index (χ1) is 8.95. The average molecular weight is 263 g/mol. The van der Waals surface area contributed by atoms with E-state index in [1.807, 2.05) is 24.3 Å². The second-order valence-corrected chi connectivity index (χ2v) is 4.91. The predicted molar refractivity (Wildman–Crippen MR) is 73.8 cm³/mol. The van der Waals surface area contributed by atoms with E-state index in [9.17, 15) is 9.59 Å². The number of aliphatic carboxylic acids is 1. The van der Waals surface area contributed by atoms with Gasteiger partial charge < -0.3 is 10.4 Å². The fraction of sp³-hybridized carbons (Fsp3) is 0.467. The number of carboxylic acid groups (broad SMARTS) is 1. The third kappa shape index (κ3) is 4.39. The van der Waals surface area contributed by atoms with Crippen LogP contribution in [-0.4, -0.2) is 17.0 Å². The molecule has 0 fully saturated rings. The molecule has 0 aliphatic carbocycles. The zero-order valence-corrected chi connectivity index (χ0v) is 11.6. The number of benzene rings is 1. The number of hydrogen-bond donors (Lipinski definition) is 2. The van der Waals surface area contributed by atoms with Crippen molar-refractivity contribution in [1.82, 2.24) is 5.32 Å². The summed E-state index contributed by atoms with van der Waals surface area (Å²) in [6.07, 6.45) is 0.299. The van der Waals surface area contributed by atoms with Crippen LogP contribution in [0.25, 0.3) is 0 Å². The molecule has 0 saturated carbocycles. The summed E-state index contributed by atoms with van der Waals surface area (Å²) < 4.78 is 0. The van der Waals surface area contributed by atoms with Crippen LogP contribution in [0, 0.1) is 5.92 Å². The Labute approximate surface area is 113 Å². The average Bonchev–Trinajstić information content (AvgIpc) is 2.37. The van der Waals surface area contributed by atoms with Gasteiger partial charge in [-0.15, -0.1) is 0 Å². The van der Waals surface area contributed by atoms with Crippen molar-refractivity contribution in [3.8, 4) is 0 Å². The van der Waals surface area contributed by atoms with Gasteiger partial charge in [-0.25, -0.2) is 0 Å². The van der Waals surface area contributed by atoms with E-state index in [1.165, 1.54) is 5.56 Å². The van der Waals surface area contributed by atoms with Gasteiger partial charge in [-0.2, -0.15) is 0 Å². The van der Waals surface area contributed by atoms with E-state index in [-0.39, 0.29) is 0 Å². The maximum Gasteiger partial charge on any atom is 0.316 e. The molecule has 1 rings (SSSR count). The number of rotatable bonds is 6. The van der Waals surface area contributed by atoms with Crippen molar-refractivity contribution in [2.24, 2.45) is 5.92 Å². The summed E-state index contributed by atoms with van der Waals surface area (Å²) in [5.41, 5.74) is 2.21. The largest absolute Gasteiger partial charge is 0.481 e. The SMILES string of the molecule is CCC(C(=O)O)C(=O)NCc1ccc(C(C)C)cc1. The third-order valence-corrected chi connectivity index (χ3v) is 3.14. The van der Waals surface area contributed by atoms with Crippen LogP contribution in [0.5, 0.6) is 0 Å². The maximum absolute atomic E-state index is 11.7. The van der Waals surface area contributed by atoms with Crippen LogP contribution in [0.15, 0.2) is 24.3 Å². The van der Waals surface area contributed by atoms with Gasteiger partial charge in [-0.3, -0.25) is 9.59 Å². The van der Waals surface area contributed by atoms with Crippen LogP contribution in [-0.2, 0) is 16.1 Å². The third-order valence-electron chi connectivity index (χ3n) is 3.14. The molecule has 4 nitrogen and oxygen atoms in total. The van der Waals surface area contributed by atoms with Gasteiger partial charge in [0.1, 0.15) is 5.92 Å². The minimum absolute atomic E-state index is 0.299. The van der Waals surface area contributed by atoms with Crippen LogP contribution in [0.2, 0.25) is 0 Å². The van der Waals surface area contributed by atoms with Crippen LogP contribution < -0.4 is 5.32 Å². The molecule has 0 radical (unpaired) electrons. The Morgan fingerprint density at radius 3 is 2.21 bits per heavy atom. The molecule has 0 aliphatic rings. The Kier molecular flexibility index (Phi) is 5.55. The maximum atomic E-state index is 11.7. The summed E-state index contributed by atoms with van der Waals surface area (Å²) in [5.74, 6) is -1.99. The molecule has 0 aliphatic heterocycles. The molecule has 1 atom stereocenters. The molecule has 1 aromatic carbocycles. The van der Waals surface area contributed by atoms with Gasteiger partial charge in [0.2, 0.25) is 5.91 Å². The quantitative estimate of drug-likeness (QED) is 0.775. The Morgan fingerprint density at radius 2 is 1.79 bits per heavy atom. The highest BCUT2D eigenvalue weighted by Crippen LogP contribution is 2.14. The number of amides is 1. The number of hydrogen-bond acceptors (Lipinski definition) is 2. The van der Waals surface area contributed by atoms with Gasteiger partial charge in [0, 0.05) is 6.54 Å². The summed E-state index contributed by atoms with van der Waals surface area (Å²) in [6, 6.07) is 7.97. The van der Waals surface area contributed by atoms with Crippen LogP contribution in [0.3, 0.4) is 0 Å². The minimum Gasteiger partial charge on any atom is -0.481 e. The van der Waals surface area contributed by atoms with Crippen LogP contribution in [0.1, 0.15) is 44.2 Å². The standard InChI is InChI=1S/C15H21NO3/c1-4-13(15(18)19)14(17)16-9-11-5-7-12(8-6-11)10(2)3/h5-8,10,13H,4,9H2,1-3H3,(H,16,17)(H,18,19). The molecule has 1 aromatic rings. The summed E-state index contributed by atoms with van der Waals surface area (Å²) in [4.78, 5) is 22.5. The molecule has 0 bridgehead atoms. The molecule has 0 aromatic heterocycles. The molecule has 19 heavy (non-hydrogen) atoms. The normalized spacial score (nSPS) is 12.2. The smallest absolute Gasteiger partial charge is 0.316 e. The lowest BCUT2D eigenvalue weighted by Crippen LogP contribution is -2.34. The Bertz CT molecular complexity index is 437. The first kappa shape index (κ1) is 15.2. The van der Waals surface area contributed by atoms with Crippen molar-refractivity contribution in [3.05, 3.63) is 35.4 Å². The van der Waals surface area contributed by atoms with Crippen molar-refractivity contribution in [1.29, 1.82) is 0 Å². The van der Waals surface area contributed by atoms with E-state index in [4.69, 9.17) is 5.11 Å². The summed E-state index contributed by atoms with van der Waals surface area (Å²) in [5, 5.41) is 11.5. The fourth-order valence-electron chi connectivity index (χ4n) is 1.80. The molecule has 1 amide bonds. The first-order valence-corrected chi connectivity index (χ1v) is 6.55. The topological polar surface area (TPSA) is 66.4 Å². The summed E-state index contributed by atoms with van der Waals surface area (Å²) >= 11 is 0. The van der Waals surface area contributed by atoms with Gasteiger partial charge in [-0.1, -0.05) is 45.0 Å². The highest BCUT2D eigenvalue weighted by molar-refractivity contribution is 5.96. The van der Waals surface area contributed by atoms with Gasteiger partial charge in [0.15, 0.2) is 0 Å². The van der Waals surface area contributed by atoms with Gasteiger partial charge in [0.05, 0.1) is 0 Å². The predicted octanol–water partition coefficient (Wildman–Crippen LogP) is 2.54. The second-order valence-electron chi connectivity index (χ2n) is 4.91. The minimum atomic E-state index is -1.07. The highest BCUT2D eigenvalue weighted by Gasteiger charge is 2.23. The van der Waals surface area contributed by atoms with Crippen molar-refractivity contribution in [2.45, 2.75) is 39.7 Å². The number of carbonyl (C=O) groups is 2. The Hall–Kier alpha value is -1.84. The van der Waals surface area contributed by atoms with E-state index >= 15 is 0 Å². The molecule has 0 spiro atoms. The Balaban J connectivity index is 2.57. The van der Waals surface area contributed by atoms with Crippen molar-refractivity contribution < 1.29 is 14.7 Å².